The minimum Gasteiger partial charge on any atom is -0.398 e. The zero-order valence-electron chi connectivity index (χ0n) is 13.3. The molecule has 0 aliphatic carbocycles. The van der Waals surface area contributed by atoms with Crippen LogP contribution < -0.4 is 34.3 Å². The highest BCUT2D eigenvalue weighted by Gasteiger charge is 2.26. The number of nitrogen functional groups attached to an aromatic ring is 1. The fraction of sp³-hybridized carbons (Fsp3) is 0.308. The number of benzene rings is 1. The van der Waals surface area contributed by atoms with E-state index in [-0.39, 0.29) is 22.8 Å². The summed E-state index contributed by atoms with van der Waals surface area (Å²) in [5.74, 6) is 9.01. The van der Waals surface area contributed by atoms with Crippen molar-refractivity contribution in [2.45, 2.75) is 12.1 Å². The lowest BCUT2D eigenvalue weighted by atomic mass is 10.1. The number of nitrogens with one attached hydrogen (secondary N) is 1. The molecule has 2 atom stereocenters. The van der Waals surface area contributed by atoms with Gasteiger partial charge in [-0.2, -0.15) is 0 Å². The van der Waals surface area contributed by atoms with Crippen molar-refractivity contribution in [1.82, 2.24) is 10.4 Å². The summed E-state index contributed by atoms with van der Waals surface area (Å²) in [7, 11) is 2.47. The van der Waals surface area contributed by atoms with Crippen molar-refractivity contribution in [1.29, 1.82) is 0 Å². The molecule has 10 nitrogen and oxygen atoms in total. The van der Waals surface area contributed by atoms with E-state index in [0.29, 0.717) is 5.01 Å². The van der Waals surface area contributed by atoms with E-state index in [1.807, 2.05) is 5.43 Å². The van der Waals surface area contributed by atoms with Crippen LogP contribution in [0.1, 0.15) is 10.4 Å². The van der Waals surface area contributed by atoms with E-state index in [1.54, 1.807) is 12.1 Å². The van der Waals surface area contributed by atoms with Gasteiger partial charge in [0.15, 0.2) is 0 Å². The number of carbonyl (C=O) groups excluding carboxylic acids is 3. The molecule has 0 bridgehead atoms. The quantitative estimate of drug-likeness (QED) is 0.0734. The highest BCUT2D eigenvalue weighted by atomic mass is 33.1. The molecule has 3 amide bonds. The van der Waals surface area contributed by atoms with Crippen molar-refractivity contribution in [3.05, 3.63) is 29.8 Å². The maximum atomic E-state index is 12.2. The second-order valence-corrected chi connectivity index (χ2v) is 7.44. The fourth-order valence-electron chi connectivity index (χ4n) is 1.60. The third-order valence-electron chi connectivity index (χ3n) is 3.02. The molecule has 11 N–H and O–H groups in total. The van der Waals surface area contributed by atoms with Crippen molar-refractivity contribution in [3.8, 4) is 0 Å². The van der Waals surface area contributed by atoms with E-state index in [4.69, 9.17) is 28.9 Å². The molecule has 0 aliphatic heterocycles. The second kappa shape index (κ2) is 10.2. The summed E-state index contributed by atoms with van der Waals surface area (Å²) in [6.07, 6.45) is 0. The van der Waals surface area contributed by atoms with Gasteiger partial charge in [0.1, 0.15) is 0 Å². The Morgan fingerprint density at radius 3 is 2.20 bits per heavy atom. The summed E-state index contributed by atoms with van der Waals surface area (Å²) in [5.41, 5.74) is 19.3. The maximum Gasteiger partial charge on any atom is 0.276 e. The lowest BCUT2D eigenvalue weighted by molar-refractivity contribution is -0.129. The average Bonchev–Trinajstić information content (AvgIpc) is 2.62. The maximum absolute atomic E-state index is 12.2. The standard InChI is InChI=1S/C13H21N7O3S2/c14-8-4-2-1-3-7(8)12(22)20(18)13(23)10(16)6-25-24-5-9(15)11(21)19-17/h1-4,9-10H,5-6,14-18H2,(H,19,21)/t9?,10-/m0/s1. The van der Waals surface area contributed by atoms with Gasteiger partial charge in [0, 0.05) is 17.2 Å². The molecule has 0 saturated heterocycles. The number of amides is 3. The number of rotatable bonds is 8. The molecule has 0 spiro atoms. The predicted octanol–water partition coefficient (Wildman–Crippen LogP) is -1.86. The first kappa shape index (κ1) is 21.2. The summed E-state index contributed by atoms with van der Waals surface area (Å²) in [6.45, 7) is 0. The van der Waals surface area contributed by atoms with Gasteiger partial charge < -0.3 is 17.2 Å². The summed E-state index contributed by atoms with van der Waals surface area (Å²) in [6, 6.07) is 4.47. The van der Waals surface area contributed by atoms with E-state index >= 15 is 0 Å². The highest BCUT2D eigenvalue weighted by molar-refractivity contribution is 8.76. The molecule has 1 unspecified atom stereocenters. The zero-order chi connectivity index (χ0) is 19.0. The van der Waals surface area contributed by atoms with Crippen LogP contribution in [0.15, 0.2) is 24.3 Å². The molecule has 0 heterocycles. The Balaban J connectivity index is 2.49. The molecular formula is C13H21N7O3S2. The van der Waals surface area contributed by atoms with Crippen molar-refractivity contribution >= 4 is 45.0 Å². The van der Waals surface area contributed by atoms with E-state index in [9.17, 15) is 14.4 Å². The summed E-state index contributed by atoms with van der Waals surface area (Å²) < 4.78 is 0. The first-order chi connectivity index (χ1) is 11.8. The van der Waals surface area contributed by atoms with Gasteiger partial charge in [0.25, 0.3) is 17.7 Å². The van der Waals surface area contributed by atoms with Crippen molar-refractivity contribution < 1.29 is 14.4 Å². The van der Waals surface area contributed by atoms with Gasteiger partial charge in [-0.1, -0.05) is 33.7 Å². The highest BCUT2D eigenvalue weighted by Crippen LogP contribution is 2.22. The minimum atomic E-state index is -1.00. The van der Waals surface area contributed by atoms with Crippen molar-refractivity contribution in [2.75, 3.05) is 17.2 Å². The Hall–Kier alpha value is -1.83. The number of hydrogen-bond acceptors (Lipinski definition) is 10. The molecule has 0 fully saturated rings. The lowest BCUT2D eigenvalue weighted by Gasteiger charge is -2.19. The molecule has 1 aromatic rings. The van der Waals surface area contributed by atoms with Crippen LogP contribution in [0.5, 0.6) is 0 Å². The van der Waals surface area contributed by atoms with Gasteiger partial charge >= 0.3 is 0 Å². The monoisotopic (exact) mass is 387 g/mol. The first-order valence-corrected chi connectivity index (χ1v) is 9.52. The molecule has 0 radical (unpaired) electrons. The Bertz CT molecular complexity index is 631. The zero-order valence-corrected chi connectivity index (χ0v) is 14.9. The minimum absolute atomic E-state index is 0.117. The predicted molar refractivity (Wildman–Crippen MR) is 99.4 cm³/mol. The van der Waals surface area contributed by atoms with Gasteiger partial charge in [0.2, 0.25) is 0 Å². The number of hydrazine groups is 2. The molecule has 0 aliphatic rings. The van der Waals surface area contributed by atoms with Gasteiger partial charge in [-0.05, 0) is 12.1 Å². The van der Waals surface area contributed by atoms with Crippen LogP contribution in [0, 0.1) is 0 Å². The number of hydrogen-bond donors (Lipinski definition) is 6. The van der Waals surface area contributed by atoms with Gasteiger partial charge in [-0.15, -0.1) is 0 Å². The first-order valence-electron chi connectivity index (χ1n) is 7.03. The second-order valence-electron chi connectivity index (χ2n) is 4.89. The molecule has 1 rings (SSSR count). The lowest BCUT2D eigenvalue weighted by Crippen LogP contribution is -2.51. The Kier molecular flexibility index (Phi) is 8.68. The molecule has 25 heavy (non-hydrogen) atoms. The molecular weight excluding hydrogens is 366 g/mol. The third kappa shape index (κ3) is 6.19. The number of carbonyl (C=O) groups is 3. The van der Waals surface area contributed by atoms with Gasteiger partial charge in [-0.3, -0.25) is 19.8 Å². The SMILES string of the molecule is NNC(=O)C(N)CSSC[C@H](N)C(=O)N(N)C(=O)c1ccccc1N. The average molecular weight is 387 g/mol. The fourth-order valence-corrected chi connectivity index (χ4v) is 3.83. The summed E-state index contributed by atoms with van der Waals surface area (Å²) in [4.78, 5) is 35.5. The van der Waals surface area contributed by atoms with E-state index in [1.165, 1.54) is 33.7 Å². The van der Waals surface area contributed by atoms with Gasteiger partial charge in [0.05, 0.1) is 17.6 Å². The third-order valence-corrected chi connectivity index (χ3v) is 5.50. The van der Waals surface area contributed by atoms with Gasteiger partial charge in [-0.25, -0.2) is 16.7 Å². The van der Waals surface area contributed by atoms with Crippen LogP contribution in [0.3, 0.4) is 0 Å². The van der Waals surface area contributed by atoms with Crippen LogP contribution in [0.4, 0.5) is 5.69 Å². The number of nitrogens with zero attached hydrogens (tertiary/aromatic N) is 1. The number of nitrogens with two attached hydrogens (primary N) is 5. The number of imide groups is 1. The van der Waals surface area contributed by atoms with Crippen molar-refractivity contribution in [2.24, 2.45) is 23.2 Å². The van der Waals surface area contributed by atoms with Crippen LogP contribution in [0.25, 0.3) is 0 Å². The van der Waals surface area contributed by atoms with E-state index < -0.39 is 29.8 Å². The number of anilines is 1. The molecule has 0 saturated carbocycles. The van der Waals surface area contributed by atoms with E-state index in [2.05, 4.69) is 0 Å². The molecule has 12 heteroatoms. The van der Waals surface area contributed by atoms with E-state index in [0.717, 1.165) is 0 Å². The smallest absolute Gasteiger partial charge is 0.276 e. The molecule has 0 aromatic heterocycles. The van der Waals surface area contributed by atoms with Crippen molar-refractivity contribution in [3.63, 3.8) is 0 Å². The van der Waals surface area contributed by atoms with Crippen LogP contribution in [0.2, 0.25) is 0 Å². The molecule has 138 valence electrons. The number of para-hydroxylation sites is 1. The van der Waals surface area contributed by atoms with Crippen LogP contribution in [-0.4, -0.2) is 46.3 Å². The Labute approximate surface area is 152 Å². The summed E-state index contributed by atoms with van der Waals surface area (Å²) in [5, 5.41) is 0.454. The Morgan fingerprint density at radius 1 is 1.08 bits per heavy atom. The normalized spacial score (nSPS) is 13.0. The topological polar surface area (TPSA) is 197 Å². The van der Waals surface area contributed by atoms with Crippen LogP contribution in [-0.2, 0) is 9.59 Å². The summed E-state index contributed by atoms with van der Waals surface area (Å²) >= 11 is 0. The largest absolute Gasteiger partial charge is 0.398 e. The van der Waals surface area contributed by atoms with Crippen LogP contribution >= 0.6 is 21.6 Å². The molecule has 1 aromatic carbocycles. The Morgan fingerprint density at radius 2 is 1.64 bits per heavy atom.